The quantitative estimate of drug-likeness (QED) is 0.594. The zero-order chi connectivity index (χ0) is 8.15. The number of hydrogen-bond acceptors (Lipinski definition) is 3. The lowest BCUT2D eigenvalue weighted by Gasteiger charge is -2.11. The van der Waals surface area contributed by atoms with Crippen LogP contribution in [0.25, 0.3) is 0 Å². The van der Waals surface area contributed by atoms with Gasteiger partial charge in [0.1, 0.15) is 6.04 Å². The zero-order valence-corrected chi connectivity index (χ0v) is 6.76. The molecule has 0 rings (SSSR count). The van der Waals surface area contributed by atoms with E-state index in [0.29, 0.717) is 0 Å². The van der Waals surface area contributed by atoms with E-state index >= 15 is 0 Å². The van der Waals surface area contributed by atoms with Gasteiger partial charge in [-0.15, -0.1) is 0 Å². The van der Waals surface area contributed by atoms with Gasteiger partial charge in [0.15, 0.2) is 0 Å². The van der Waals surface area contributed by atoms with Crippen LogP contribution in [0.2, 0.25) is 0 Å². The Morgan fingerprint density at radius 1 is 1.60 bits per heavy atom. The molecule has 0 spiro atoms. The molecule has 0 heterocycles. The number of nitrogens with two attached hydrogens (primary N) is 1. The van der Waals surface area contributed by atoms with E-state index in [2.05, 4.69) is 0 Å². The highest BCUT2D eigenvalue weighted by molar-refractivity contribution is 5.75. The Morgan fingerprint density at radius 2 is 2.10 bits per heavy atom. The predicted molar refractivity (Wildman–Crippen MR) is 39.5 cm³/mol. The third-order valence-corrected chi connectivity index (χ3v) is 1.26. The molecule has 0 saturated heterocycles. The summed E-state index contributed by atoms with van der Waals surface area (Å²) in [5, 5.41) is 0. The van der Waals surface area contributed by atoms with Crippen molar-refractivity contribution >= 4 is 5.97 Å². The Kier molecular flexibility index (Phi) is 4.03. The summed E-state index contributed by atoms with van der Waals surface area (Å²) in [5.41, 5.74) is 5.26. The number of carbonyl (C=O) groups is 1. The van der Waals surface area contributed by atoms with Crippen molar-refractivity contribution < 1.29 is 9.53 Å². The van der Waals surface area contributed by atoms with Crippen LogP contribution in [-0.4, -0.2) is 18.1 Å². The van der Waals surface area contributed by atoms with Crippen LogP contribution in [0.3, 0.4) is 0 Å². The van der Waals surface area contributed by atoms with E-state index < -0.39 is 6.04 Å². The van der Waals surface area contributed by atoms with Crippen molar-refractivity contribution in [3.8, 4) is 0 Å². The summed E-state index contributed by atoms with van der Waals surface area (Å²) in [6, 6.07) is -0.506. The van der Waals surface area contributed by atoms with Gasteiger partial charge in [-0.1, -0.05) is 6.92 Å². The summed E-state index contributed by atoms with van der Waals surface area (Å²) >= 11 is 0. The van der Waals surface area contributed by atoms with E-state index in [9.17, 15) is 4.79 Å². The lowest BCUT2D eigenvalue weighted by Crippen LogP contribution is -2.31. The molecule has 0 aliphatic heterocycles. The molecule has 10 heavy (non-hydrogen) atoms. The minimum absolute atomic E-state index is 0.0153. The fraction of sp³-hybridized carbons (Fsp3) is 0.857. The van der Waals surface area contributed by atoms with Crippen LogP contribution in [0.15, 0.2) is 0 Å². The van der Waals surface area contributed by atoms with Gasteiger partial charge in [-0.05, 0) is 20.3 Å². The number of rotatable bonds is 3. The van der Waals surface area contributed by atoms with E-state index in [-0.39, 0.29) is 12.1 Å². The molecule has 0 saturated carbocycles. The molecule has 0 radical (unpaired) electrons. The summed E-state index contributed by atoms with van der Waals surface area (Å²) in [7, 11) is 0. The minimum Gasteiger partial charge on any atom is -0.462 e. The van der Waals surface area contributed by atoms with Crippen molar-refractivity contribution in [2.75, 3.05) is 0 Å². The number of ether oxygens (including phenoxy) is 1. The van der Waals surface area contributed by atoms with Gasteiger partial charge in [-0.25, -0.2) is 0 Å². The van der Waals surface area contributed by atoms with Crippen LogP contribution < -0.4 is 5.73 Å². The Bertz CT molecular complexity index is 112. The standard InChI is InChI=1S/C7H15NO2/c1-4-5(2)10-7(9)6(3)8/h5-6H,4,8H2,1-3H3/t5-,6+/m1/s1. The molecular weight excluding hydrogens is 130 g/mol. The van der Waals surface area contributed by atoms with E-state index in [1.807, 2.05) is 13.8 Å². The molecule has 0 amide bonds. The van der Waals surface area contributed by atoms with Crippen molar-refractivity contribution in [3.63, 3.8) is 0 Å². The van der Waals surface area contributed by atoms with Crippen LogP contribution in [0.4, 0.5) is 0 Å². The first-order chi connectivity index (χ1) is 4.57. The highest BCUT2D eigenvalue weighted by Gasteiger charge is 2.11. The molecule has 0 aromatic rings. The highest BCUT2D eigenvalue weighted by atomic mass is 16.5. The predicted octanol–water partition coefficient (Wildman–Crippen LogP) is 0.675. The van der Waals surface area contributed by atoms with E-state index in [1.165, 1.54) is 0 Å². The Hall–Kier alpha value is -0.570. The van der Waals surface area contributed by atoms with Gasteiger partial charge in [0.25, 0.3) is 0 Å². The van der Waals surface area contributed by atoms with Gasteiger partial charge in [0.05, 0.1) is 6.10 Å². The minimum atomic E-state index is -0.506. The van der Waals surface area contributed by atoms with E-state index in [0.717, 1.165) is 6.42 Å². The zero-order valence-electron chi connectivity index (χ0n) is 6.76. The van der Waals surface area contributed by atoms with Gasteiger partial charge in [0.2, 0.25) is 0 Å². The van der Waals surface area contributed by atoms with Gasteiger partial charge in [-0.3, -0.25) is 4.79 Å². The third-order valence-electron chi connectivity index (χ3n) is 1.26. The van der Waals surface area contributed by atoms with Crippen LogP contribution >= 0.6 is 0 Å². The molecule has 60 valence electrons. The first-order valence-electron chi connectivity index (χ1n) is 3.54. The molecule has 0 aromatic carbocycles. The molecule has 3 nitrogen and oxygen atoms in total. The lowest BCUT2D eigenvalue weighted by molar-refractivity contribution is -0.149. The Labute approximate surface area is 61.5 Å². The number of carbonyl (C=O) groups excluding carboxylic acids is 1. The molecular formula is C7H15NO2. The third kappa shape index (κ3) is 3.45. The van der Waals surface area contributed by atoms with Crippen molar-refractivity contribution in [3.05, 3.63) is 0 Å². The topological polar surface area (TPSA) is 52.3 Å². The second-order valence-electron chi connectivity index (χ2n) is 2.44. The maximum Gasteiger partial charge on any atom is 0.322 e. The smallest absolute Gasteiger partial charge is 0.322 e. The van der Waals surface area contributed by atoms with Crippen LogP contribution in [0, 0.1) is 0 Å². The van der Waals surface area contributed by atoms with Gasteiger partial charge < -0.3 is 10.5 Å². The fourth-order valence-electron chi connectivity index (χ4n) is 0.389. The maximum atomic E-state index is 10.8. The SMILES string of the molecule is CC[C@@H](C)OC(=O)[C@H](C)N. The van der Waals surface area contributed by atoms with Crippen molar-refractivity contribution in [1.82, 2.24) is 0 Å². The van der Waals surface area contributed by atoms with Crippen molar-refractivity contribution in [1.29, 1.82) is 0 Å². The second kappa shape index (κ2) is 4.28. The maximum absolute atomic E-state index is 10.8. The van der Waals surface area contributed by atoms with Crippen molar-refractivity contribution in [2.45, 2.75) is 39.3 Å². The molecule has 0 aromatic heterocycles. The first kappa shape index (κ1) is 9.43. The average molecular weight is 145 g/mol. The lowest BCUT2D eigenvalue weighted by atomic mass is 10.3. The first-order valence-corrected chi connectivity index (χ1v) is 3.54. The van der Waals surface area contributed by atoms with Gasteiger partial charge in [-0.2, -0.15) is 0 Å². The Morgan fingerprint density at radius 3 is 2.40 bits per heavy atom. The monoisotopic (exact) mass is 145 g/mol. The van der Waals surface area contributed by atoms with Gasteiger partial charge >= 0.3 is 5.97 Å². The molecule has 2 N–H and O–H groups in total. The molecule has 0 aliphatic rings. The van der Waals surface area contributed by atoms with E-state index in [4.69, 9.17) is 10.5 Å². The fourth-order valence-corrected chi connectivity index (χ4v) is 0.389. The average Bonchev–Trinajstić information content (AvgIpc) is 1.87. The summed E-state index contributed by atoms with van der Waals surface area (Å²) < 4.78 is 4.90. The number of hydrogen-bond donors (Lipinski definition) is 1. The largest absolute Gasteiger partial charge is 0.462 e. The summed E-state index contributed by atoms with van der Waals surface area (Å²) in [6.45, 7) is 5.42. The van der Waals surface area contributed by atoms with Crippen LogP contribution in [-0.2, 0) is 9.53 Å². The van der Waals surface area contributed by atoms with Crippen LogP contribution in [0.1, 0.15) is 27.2 Å². The van der Waals surface area contributed by atoms with Crippen molar-refractivity contribution in [2.24, 2.45) is 5.73 Å². The highest BCUT2D eigenvalue weighted by Crippen LogP contribution is 1.97. The van der Waals surface area contributed by atoms with Crippen LogP contribution in [0.5, 0.6) is 0 Å². The summed E-state index contributed by atoms with van der Waals surface area (Å²) in [5.74, 6) is -0.325. The molecule has 0 bridgehead atoms. The summed E-state index contributed by atoms with van der Waals surface area (Å²) in [4.78, 5) is 10.8. The molecule has 0 fully saturated rings. The van der Waals surface area contributed by atoms with Gasteiger partial charge in [0, 0.05) is 0 Å². The molecule has 2 atom stereocenters. The normalized spacial score (nSPS) is 16.0. The molecule has 0 unspecified atom stereocenters. The number of esters is 1. The Balaban J connectivity index is 3.57. The van der Waals surface area contributed by atoms with E-state index in [1.54, 1.807) is 6.92 Å². The second-order valence-corrected chi connectivity index (χ2v) is 2.44. The summed E-state index contributed by atoms with van der Waals surface area (Å²) in [6.07, 6.45) is 0.817. The molecule has 0 aliphatic carbocycles. The molecule has 3 heteroatoms.